The van der Waals surface area contributed by atoms with Crippen LogP contribution in [0.4, 0.5) is 4.39 Å². The Morgan fingerprint density at radius 1 is 1.24 bits per heavy atom. The highest BCUT2D eigenvalue weighted by atomic mass is 79.9. The van der Waals surface area contributed by atoms with Crippen LogP contribution in [-0.2, 0) is 6.42 Å². The molecule has 2 aromatic rings. The number of carbonyl (C=O) groups excluding carboxylic acids is 1. The molecule has 0 saturated heterocycles. The highest BCUT2D eigenvalue weighted by molar-refractivity contribution is 9.10. The van der Waals surface area contributed by atoms with Gasteiger partial charge in [0.05, 0.1) is 10.6 Å². The molecule has 0 heterocycles. The number of halogens is 3. The second-order valence-electron chi connectivity index (χ2n) is 5.23. The van der Waals surface area contributed by atoms with Crippen LogP contribution >= 0.6 is 27.5 Å². The average molecular weight is 368 g/mol. The van der Waals surface area contributed by atoms with Gasteiger partial charge in [0, 0.05) is 10.4 Å². The summed E-state index contributed by atoms with van der Waals surface area (Å²) in [7, 11) is 0. The van der Waals surface area contributed by atoms with Gasteiger partial charge in [0.15, 0.2) is 11.6 Å². The predicted molar refractivity (Wildman–Crippen MR) is 85.6 cm³/mol. The quantitative estimate of drug-likeness (QED) is 0.503. The van der Waals surface area contributed by atoms with Gasteiger partial charge in [0.2, 0.25) is 0 Å². The van der Waals surface area contributed by atoms with E-state index in [1.165, 1.54) is 11.6 Å². The van der Waals surface area contributed by atoms with E-state index in [1.807, 2.05) is 24.3 Å². The fraction of sp³-hybridized carbons (Fsp3) is 0.235. The molecule has 1 aliphatic rings. The lowest BCUT2D eigenvalue weighted by molar-refractivity contribution is 0.0947. The van der Waals surface area contributed by atoms with Crippen LogP contribution in [0.2, 0.25) is 5.02 Å². The summed E-state index contributed by atoms with van der Waals surface area (Å²) in [5.41, 5.74) is 2.28. The van der Waals surface area contributed by atoms with Gasteiger partial charge >= 0.3 is 0 Å². The Hall–Kier alpha value is -1.19. The minimum Gasteiger partial charge on any atom is -0.293 e. The van der Waals surface area contributed by atoms with Crippen LogP contribution < -0.4 is 0 Å². The fourth-order valence-corrected chi connectivity index (χ4v) is 3.40. The predicted octanol–water partition coefficient (Wildman–Crippen LogP) is 5.54. The van der Waals surface area contributed by atoms with Gasteiger partial charge < -0.3 is 0 Å². The van der Waals surface area contributed by atoms with Crippen LogP contribution in [0.25, 0.3) is 0 Å². The Labute approximate surface area is 136 Å². The maximum absolute atomic E-state index is 14.3. The van der Waals surface area contributed by atoms with E-state index in [2.05, 4.69) is 15.9 Å². The van der Waals surface area contributed by atoms with Crippen molar-refractivity contribution in [3.8, 4) is 0 Å². The monoisotopic (exact) mass is 366 g/mol. The van der Waals surface area contributed by atoms with E-state index in [0.29, 0.717) is 4.47 Å². The van der Waals surface area contributed by atoms with Gasteiger partial charge in [0.1, 0.15) is 0 Å². The Kier molecular flexibility index (Phi) is 4.14. The SMILES string of the molecule is O=C(c1ccc(Br)c(Cl)c1F)C1CCCc2ccccc21. The van der Waals surface area contributed by atoms with Crippen molar-refractivity contribution in [3.05, 3.63) is 68.4 Å². The van der Waals surface area contributed by atoms with Crippen molar-refractivity contribution in [1.82, 2.24) is 0 Å². The molecule has 1 atom stereocenters. The van der Waals surface area contributed by atoms with E-state index in [1.54, 1.807) is 6.07 Å². The summed E-state index contributed by atoms with van der Waals surface area (Å²) in [6, 6.07) is 11.0. The van der Waals surface area contributed by atoms with Gasteiger partial charge in [0.25, 0.3) is 0 Å². The molecule has 1 nitrogen and oxygen atoms in total. The molecule has 0 spiro atoms. The highest BCUT2D eigenvalue weighted by Crippen LogP contribution is 2.36. The maximum Gasteiger partial charge on any atom is 0.173 e. The van der Waals surface area contributed by atoms with Gasteiger partial charge in [-0.25, -0.2) is 4.39 Å². The van der Waals surface area contributed by atoms with Gasteiger partial charge in [-0.3, -0.25) is 4.79 Å². The molecule has 108 valence electrons. The van der Waals surface area contributed by atoms with Crippen molar-refractivity contribution in [3.63, 3.8) is 0 Å². The molecule has 0 aliphatic heterocycles. The number of carbonyl (C=O) groups is 1. The summed E-state index contributed by atoms with van der Waals surface area (Å²) >= 11 is 9.06. The Morgan fingerprint density at radius 2 is 2.00 bits per heavy atom. The zero-order valence-electron chi connectivity index (χ0n) is 11.2. The summed E-state index contributed by atoms with van der Waals surface area (Å²) < 4.78 is 14.7. The van der Waals surface area contributed by atoms with E-state index in [0.717, 1.165) is 24.8 Å². The Balaban J connectivity index is 2.03. The zero-order chi connectivity index (χ0) is 15.0. The van der Waals surface area contributed by atoms with E-state index >= 15 is 0 Å². The summed E-state index contributed by atoms with van der Waals surface area (Å²) in [6.45, 7) is 0. The normalized spacial score (nSPS) is 17.4. The Bertz CT molecular complexity index is 714. The molecule has 2 aromatic carbocycles. The molecule has 0 radical (unpaired) electrons. The number of aryl methyl sites for hydroxylation is 1. The molecule has 3 rings (SSSR count). The standard InChI is InChI=1S/C17H13BrClFO/c18-14-9-8-13(16(20)15(14)19)17(21)12-7-3-5-10-4-1-2-6-11(10)12/h1-2,4,6,8-9,12H,3,5,7H2. The summed E-state index contributed by atoms with van der Waals surface area (Å²) in [5, 5.41) is -0.0371. The van der Waals surface area contributed by atoms with Gasteiger partial charge in [-0.05, 0) is 58.5 Å². The average Bonchev–Trinajstić information content (AvgIpc) is 2.51. The molecule has 1 unspecified atom stereocenters. The zero-order valence-corrected chi connectivity index (χ0v) is 13.5. The van der Waals surface area contributed by atoms with Crippen LogP contribution in [-0.4, -0.2) is 5.78 Å². The number of hydrogen-bond acceptors (Lipinski definition) is 1. The number of fused-ring (bicyclic) bond motifs is 1. The number of hydrogen-bond donors (Lipinski definition) is 0. The Morgan fingerprint density at radius 3 is 2.81 bits per heavy atom. The molecular formula is C17H13BrClFO. The third-order valence-electron chi connectivity index (χ3n) is 3.99. The molecule has 21 heavy (non-hydrogen) atoms. The van der Waals surface area contributed by atoms with Crippen molar-refractivity contribution in [1.29, 1.82) is 0 Å². The van der Waals surface area contributed by atoms with Crippen LogP contribution in [0, 0.1) is 5.82 Å². The second kappa shape index (κ2) is 5.90. The molecule has 0 amide bonds. The molecule has 1 aliphatic carbocycles. The first-order valence-electron chi connectivity index (χ1n) is 6.85. The molecule has 0 bridgehead atoms. The van der Waals surface area contributed by atoms with Crippen molar-refractivity contribution in [2.45, 2.75) is 25.2 Å². The van der Waals surface area contributed by atoms with Crippen LogP contribution in [0.1, 0.15) is 40.2 Å². The van der Waals surface area contributed by atoms with Gasteiger partial charge in [-0.2, -0.15) is 0 Å². The first kappa shape index (κ1) is 14.7. The highest BCUT2D eigenvalue weighted by Gasteiger charge is 2.29. The summed E-state index contributed by atoms with van der Waals surface area (Å²) in [6.07, 6.45) is 2.67. The largest absolute Gasteiger partial charge is 0.293 e. The first-order valence-corrected chi connectivity index (χ1v) is 8.02. The summed E-state index contributed by atoms with van der Waals surface area (Å²) in [5.74, 6) is -1.10. The molecular weight excluding hydrogens is 355 g/mol. The topological polar surface area (TPSA) is 17.1 Å². The van der Waals surface area contributed by atoms with E-state index < -0.39 is 5.82 Å². The smallest absolute Gasteiger partial charge is 0.173 e. The minimum atomic E-state index is -0.640. The first-order chi connectivity index (χ1) is 10.1. The van der Waals surface area contributed by atoms with E-state index in [4.69, 9.17) is 11.6 Å². The van der Waals surface area contributed by atoms with Crippen molar-refractivity contribution >= 4 is 33.3 Å². The van der Waals surface area contributed by atoms with Crippen LogP contribution in [0.3, 0.4) is 0 Å². The number of Topliss-reactive ketones (excluding diaryl/α,β-unsaturated/α-hetero) is 1. The van der Waals surface area contributed by atoms with Crippen LogP contribution in [0.15, 0.2) is 40.9 Å². The van der Waals surface area contributed by atoms with Crippen LogP contribution in [0.5, 0.6) is 0 Å². The fourth-order valence-electron chi connectivity index (χ4n) is 2.93. The maximum atomic E-state index is 14.3. The molecule has 0 saturated carbocycles. The van der Waals surface area contributed by atoms with Crippen molar-refractivity contribution in [2.75, 3.05) is 0 Å². The van der Waals surface area contributed by atoms with E-state index in [9.17, 15) is 9.18 Å². The number of ketones is 1. The molecule has 0 aromatic heterocycles. The minimum absolute atomic E-state index is 0.0371. The third kappa shape index (κ3) is 2.65. The van der Waals surface area contributed by atoms with E-state index in [-0.39, 0.29) is 22.3 Å². The molecule has 4 heteroatoms. The lowest BCUT2D eigenvalue weighted by Gasteiger charge is -2.24. The third-order valence-corrected chi connectivity index (χ3v) is 5.25. The van der Waals surface area contributed by atoms with Gasteiger partial charge in [-0.1, -0.05) is 35.9 Å². The summed E-state index contributed by atoms with van der Waals surface area (Å²) in [4.78, 5) is 12.7. The van der Waals surface area contributed by atoms with Crippen molar-refractivity contribution < 1.29 is 9.18 Å². The lowest BCUT2D eigenvalue weighted by Crippen LogP contribution is -2.19. The van der Waals surface area contributed by atoms with Crippen molar-refractivity contribution in [2.24, 2.45) is 0 Å². The second-order valence-corrected chi connectivity index (χ2v) is 6.46. The molecule has 0 N–H and O–H groups in total. The molecule has 0 fully saturated rings. The lowest BCUT2D eigenvalue weighted by atomic mass is 9.79. The van der Waals surface area contributed by atoms with Gasteiger partial charge in [-0.15, -0.1) is 0 Å². The number of benzene rings is 2. The number of rotatable bonds is 2.